The van der Waals surface area contributed by atoms with Crippen LogP contribution in [-0.4, -0.2) is 25.9 Å². The minimum absolute atomic E-state index is 0.114. The Morgan fingerprint density at radius 1 is 1.08 bits per heavy atom. The minimum atomic E-state index is -0.362. The summed E-state index contributed by atoms with van der Waals surface area (Å²) < 4.78 is 1.73. The third kappa shape index (κ3) is 4.26. The highest BCUT2D eigenvalue weighted by Gasteiger charge is 2.14. The maximum atomic E-state index is 12.3. The van der Waals surface area contributed by atoms with E-state index in [1.165, 1.54) is 17.7 Å². The van der Waals surface area contributed by atoms with E-state index in [1.54, 1.807) is 16.9 Å². The summed E-state index contributed by atoms with van der Waals surface area (Å²) in [5.74, 6) is 0.227. The smallest absolute Gasteiger partial charge is 0.277 e. The molecule has 1 amide bonds. The zero-order valence-corrected chi connectivity index (χ0v) is 15.7. The molecule has 1 N–H and O–H groups in total. The van der Waals surface area contributed by atoms with E-state index < -0.39 is 0 Å². The predicted octanol–water partition coefficient (Wildman–Crippen LogP) is 3.92. The van der Waals surface area contributed by atoms with E-state index in [9.17, 15) is 4.79 Å². The summed E-state index contributed by atoms with van der Waals surface area (Å²) in [5.41, 5.74) is 2.68. The quantitative estimate of drug-likeness (QED) is 0.756. The number of benzene rings is 1. The molecule has 0 saturated heterocycles. The maximum Gasteiger partial charge on any atom is 0.277 e. The Hall–Kier alpha value is -2.73. The molecule has 0 atom stereocenters. The number of anilines is 1. The van der Waals surface area contributed by atoms with Crippen molar-refractivity contribution in [3.8, 4) is 0 Å². The van der Waals surface area contributed by atoms with Crippen molar-refractivity contribution in [1.82, 2.24) is 20.0 Å². The topological polar surface area (TPSA) is 72.7 Å². The number of carbonyl (C=O) groups is 1. The number of hydrogen-bond acceptors (Lipinski definition) is 4. The second kappa shape index (κ2) is 7.25. The van der Waals surface area contributed by atoms with Crippen LogP contribution in [0.3, 0.4) is 0 Å². The number of amides is 1. The van der Waals surface area contributed by atoms with Crippen molar-refractivity contribution in [1.29, 1.82) is 0 Å². The van der Waals surface area contributed by atoms with Crippen LogP contribution in [-0.2, 0) is 12.0 Å². The van der Waals surface area contributed by atoms with Crippen molar-refractivity contribution in [3.05, 3.63) is 70.6 Å². The van der Waals surface area contributed by atoms with E-state index in [-0.39, 0.29) is 22.2 Å². The van der Waals surface area contributed by atoms with Gasteiger partial charge in [-0.2, -0.15) is 5.10 Å². The molecular weight excluding hydrogens is 350 g/mol. The molecule has 1 aromatic carbocycles. The number of carbonyl (C=O) groups excluding carboxylic acids is 1. The summed E-state index contributed by atoms with van der Waals surface area (Å²) in [6.45, 7) is 7.10. The average molecular weight is 370 g/mol. The Labute approximate surface area is 157 Å². The molecule has 0 saturated carbocycles. The Balaban J connectivity index is 1.72. The molecule has 7 heteroatoms. The van der Waals surface area contributed by atoms with Crippen molar-refractivity contribution in [2.24, 2.45) is 0 Å². The number of aromatic nitrogens is 4. The number of rotatable bonds is 4. The van der Waals surface area contributed by atoms with Gasteiger partial charge in [-0.05, 0) is 28.7 Å². The molecule has 0 bridgehead atoms. The Morgan fingerprint density at radius 3 is 2.42 bits per heavy atom. The monoisotopic (exact) mass is 369 g/mol. The van der Waals surface area contributed by atoms with Gasteiger partial charge in [-0.15, -0.1) is 10.2 Å². The van der Waals surface area contributed by atoms with Crippen molar-refractivity contribution < 1.29 is 4.79 Å². The second-order valence-electron chi connectivity index (χ2n) is 7.02. The van der Waals surface area contributed by atoms with Crippen LogP contribution in [0.5, 0.6) is 0 Å². The van der Waals surface area contributed by atoms with E-state index >= 15 is 0 Å². The Kier molecular flexibility index (Phi) is 5.04. The lowest BCUT2D eigenvalue weighted by Gasteiger charge is -2.19. The first-order valence-electron chi connectivity index (χ1n) is 8.25. The van der Waals surface area contributed by atoms with Gasteiger partial charge in [-0.3, -0.25) is 4.79 Å². The summed E-state index contributed by atoms with van der Waals surface area (Å²) in [6, 6.07) is 13.2. The number of nitrogens with zero attached hydrogens (tertiary/aromatic N) is 4. The lowest BCUT2D eigenvalue weighted by atomic mass is 9.87. The van der Waals surface area contributed by atoms with Gasteiger partial charge >= 0.3 is 0 Å². The summed E-state index contributed by atoms with van der Waals surface area (Å²) in [4.78, 5) is 12.3. The molecule has 26 heavy (non-hydrogen) atoms. The number of halogens is 1. The molecule has 3 aromatic rings. The van der Waals surface area contributed by atoms with Crippen LogP contribution in [0.25, 0.3) is 0 Å². The first-order valence-corrected chi connectivity index (χ1v) is 8.62. The van der Waals surface area contributed by atoms with Gasteiger partial charge in [-0.1, -0.05) is 56.6 Å². The van der Waals surface area contributed by atoms with Crippen LogP contribution in [0.2, 0.25) is 5.15 Å². The van der Waals surface area contributed by atoms with Gasteiger partial charge < -0.3 is 5.32 Å². The molecule has 0 spiro atoms. The molecule has 6 nitrogen and oxygen atoms in total. The molecule has 3 rings (SSSR count). The first kappa shape index (κ1) is 18.1. The molecule has 134 valence electrons. The number of nitrogens with one attached hydrogen (secondary N) is 1. The summed E-state index contributed by atoms with van der Waals surface area (Å²) in [6.07, 6.45) is 1.65. The van der Waals surface area contributed by atoms with Gasteiger partial charge in [0.1, 0.15) is 5.82 Å². The zero-order valence-electron chi connectivity index (χ0n) is 14.9. The van der Waals surface area contributed by atoms with Crippen LogP contribution in [0.4, 0.5) is 5.82 Å². The van der Waals surface area contributed by atoms with Crippen LogP contribution >= 0.6 is 11.6 Å². The fourth-order valence-corrected chi connectivity index (χ4v) is 2.57. The summed E-state index contributed by atoms with van der Waals surface area (Å²) in [5, 5.41) is 14.8. The third-order valence-corrected chi connectivity index (χ3v) is 4.18. The average Bonchev–Trinajstić information content (AvgIpc) is 3.02. The van der Waals surface area contributed by atoms with Crippen molar-refractivity contribution in [2.45, 2.75) is 32.7 Å². The molecule has 0 unspecified atom stereocenters. The maximum absolute atomic E-state index is 12.3. The van der Waals surface area contributed by atoms with E-state index in [0.29, 0.717) is 12.4 Å². The fraction of sp³-hybridized carbons (Fsp3) is 0.263. The highest BCUT2D eigenvalue weighted by Crippen LogP contribution is 2.22. The van der Waals surface area contributed by atoms with Crippen LogP contribution < -0.4 is 5.32 Å². The minimum Gasteiger partial charge on any atom is -0.305 e. The lowest BCUT2D eigenvalue weighted by molar-refractivity contribution is 0.102. The first-order chi connectivity index (χ1) is 12.3. The largest absolute Gasteiger partial charge is 0.305 e. The Bertz CT molecular complexity index is 895. The van der Waals surface area contributed by atoms with Crippen molar-refractivity contribution >= 4 is 23.3 Å². The van der Waals surface area contributed by atoms with Crippen LogP contribution in [0, 0.1) is 0 Å². The van der Waals surface area contributed by atoms with Crippen LogP contribution in [0.15, 0.2) is 48.7 Å². The van der Waals surface area contributed by atoms with Gasteiger partial charge in [0.25, 0.3) is 5.91 Å². The van der Waals surface area contributed by atoms with Gasteiger partial charge in [-0.25, -0.2) is 4.68 Å². The van der Waals surface area contributed by atoms with Gasteiger partial charge in [0.2, 0.25) is 0 Å². The van der Waals surface area contributed by atoms with E-state index in [4.69, 9.17) is 11.6 Å². The summed E-state index contributed by atoms with van der Waals surface area (Å²) >= 11 is 5.69. The molecule has 2 aromatic heterocycles. The van der Waals surface area contributed by atoms with Crippen molar-refractivity contribution in [2.75, 3.05) is 5.32 Å². The molecule has 0 radical (unpaired) electrons. The standard InChI is InChI=1S/C19H20ClN5O/c1-19(2,3)14-6-4-13(5-7-14)12-25-17(10-11-21-25)22-18(26)15-8-9-16(20)24-23-15/h4-11H,12H2,1-3H3,(H,22,26). The van der Waals surface area contributed by atoms with E-state index in [0.717, 1.165) is 5.56 Å². The SMILES string of the molecule is CC(C)(C)c1ccc(Cn2nccc2NC(=O)c2ccc(Cl)nn2)cc1. The normalized spacial score (nSPS) is 11.4. The molecule has 0 aliphatic carbocycles. The zero-order chi connectivity index (χ0) is 18.7. The van der Waals surface area contributed by atoms with Gasteiger partial charge in [0.05, 0.1) is 12.7 Å². The fourth-order valence-electron chi connectivity index (χ4n) is 2.47. The van der Waals surface area contributed by atoms with Crippen LogP contribution in [0.1, 0.15) is 42.4 Å². The van der Waals surface area contributed by atoms with Gasteiger partial charge in [0, 0.05) is 6.07 Å². The van der Waals surface area contributed by atoms with Crippen molar-refractivity contribution in [3.63, 3.8) is 0 Å². The highest BCUT2D eigenvalue weighted by molar-refractivity contribution is 6.29. The van der Waals surface area contributed by atoms with E-state index in [1.807, 2.05) is 0 Å². The van der Waals surface area contributed by atoms with E-state index in [2.05, 4.69) is 65.6 Å². The number of hydrogen-bond donors (Lipinski definition) is 1. The molecule has 0 aliphatic heterocycles. The molecule has 0 aliphatic rings. The predicted molar refractivity (Wildman–Crippen MR) is 101 cm³/mol. The molecule has 2 heterocycles. The molecular formula is C19H20ClN5O. The Morgan fingerprint density at radius 2 is 1.81 bits per heavy atom. The third-order valence-electron chi connectivity index (χ3n) is 3.98. The second-order valence-corrected chi connectivity index (χ2v) is 7.40. The lowest BCUT2D eigenvalue weighted by Crippen LogP contribution is -2.17. The van der Waals surface area contributed by atoms with Gasteiger partial charge in [0.15, 0.2) is 10.8 Å². The summed E-state index contributed by atoms with van der Waals surface area (Å²) in [7, 11) is 0. The highest BCUT2D eigenvalue weighted by atomic mass is 35.5. The molecule has 0 fully saturated rings.